The highest BCUT2D eigenvalue weighted by Gasteiger charge is 2.28. The largest absolute Gasteiger partial charge is 0.379 e. The van der Waals surface area contributed by atoms with Gasteiger partial charge in [-0.1, -0.05) is 54.0 Å². The van der Waals surface area contributed by atoms with Gasteiger partial charge in [0, 0.05) is 24.8 Å². The number of morpholine rings is 1. The second-order valence-electron chi connectivity index (χ2n) is 7.85. The molecule has 1 aromatic carbocycles. The van der Waals surface area contributed by atoms with Crippen molar-refractivity contribution in [1.82, 2.24) is 14.5 Å². The van der Waals surface area contributed by atoms with Crippen LogP contribution in [0.25, 0.3) is 0 Å². The molecule has 2 heterocycles. The first-order valence-electron chi connectivity index (χ1n) is 10.8. The molecule has 0 atom stereocenters. The SMILES string of the molecule is O=C(CSc1nnc(NC2CCCCC2)s1)Nc1ccc(Cl)c(S(=O)(=O)N2CCOCC2)c1. The van der Waals surface area contributed by atoms with Crippen LogP contribution < -0.4 is 10.6 Å². The number of nitrogens with zero attached hydrogens (tertiary/aromatic N) is 3. The Morgan fingerprint density at radius 3 is 2.73 bits per heavy atom. The third kappa shape index (κ3) is 6.58. The molecule has 9 nitrogen and oxygen atoms in total. The van der Waals surface area contributed by atoms with E-state index in [-0.39, 0.29) is 34.7 Å². The lowest BCUT2D eigenvalue weighted by atomic mass is 9.96. The van der Waals surface area contributed by atoms with Crippen LogP contribution in [-0.2, 0) is 19.6 Å². The second-order valence-corrected chi connectivity index (χ2v) is 12.4. The monoisotopic (exact) mass is 531 g/mol. The van der Waals surface area contributed by atoms with E-state index in [1.165, 1.54) is 58.8 Å². The summed E-state index contributed by atoms with van der Waals surface area (Å²) in [6.07, 6.45) is 6.05. The van der Waals surface area contributed by atoms with E-state index in [4.69, 9.17) is 16.3 Å². The van der Waals surface area contributed by atoms with Crippen molar-refractivity contribution in [3.63, 3.8) is 0 Å². The molecule has 2 fully saturated rings. The quantitative estimate of drug-likeness (QED) is 0.496. The number of nitrogens with one attached hydrogen (secondary N) is 2. The van der Waals surface area contributed by atoms with Crippen molar-refractivity contribution < 1.29 is 17.9 Å². The van der Waals surface area contributed by atoms with Crippen molar-refractivity contribution in [2.75, 3.05) is 42.7 Å². The minimum Gasteiger partial charge on any atom is -0.379 e. The number of anilines is 2. The van der Waals surface area contributed by atoms with Gasteiger partial charge in [0.05, 0.1) is 24.0 Å². The molecule has 1 amide bonds. The van der Waals surface area contributed by atoms with Gasteiger partial charge in [-0.2, -0.15) is 4.31 Å². The molecule has 2 aromatic rings. The maximum atomic E-state index is 13.0. The van der Waals surface area contributed by atoms with Gasteiger partial charge in [0.25, 0.3) is 0 Å². The van der Waals surface area contributed by atoms with Crippen LogP contribution in [0.3, 0.4) is 0 Å². The number of ether oxygens (including phenoxy) is 1. The average Bonchev–Trinajstić information content (AvgIpc) is 3.27. The third-order valence-electron chi connectivity index (χ3n) is 5.47. The minimum absolute atomic E-state index is 0.0286. The Morgan fingerprint density at radius 2 is 1.97 bits per heavy atom. The first-order valence-corrected chi connectivity index (χ1v) is 14.4. The van der Waals surface area contributed by atoms with E-state index in [1.54, 1.807) is 6.07 Å². The van der Waals surface area contributed by atoms with Crippen molar-refractivity contribution in [2.45, 2.75) is 47.4 Å². The van der Waals surface area contributed by atoms with Gasteiger partial charge in [-0.25, -0.2) is 8.42 Å². The summed E-state index contributed by atoms with van der Waals surface area (Å²) in [4.78, 5) is 12.4. The summed E-state index contributed by atoms with van der Waals surface area (Å²) in [5, 5.41) is 15.4. The van der Waals surface area contributed by atoms with Crippen LogP contribution in [0.4, 0.5) is 10.8 Å². The molecule has 13 heteroatoms. The highest BCUT2D eigenvalue weighted by Crippen LogP contribution is 2.30. The van der Waals surface area contributed by atoms with Crippen LogP contribution in [0.5, 0.6) is 0 Å². The van der Waals surface area contributed by atoms with E-state index in [9.17, 15) is 13.2 Å². The minimum atomic E-state index is -3.77. The summed E-state index contributed by atoms with van der Waals surface area (Å²) >= 11 is 8.90. The van der Waals surface area contributed by atoms with E-state index in [0.717, 1.165) is 18.0 Å². The number of hydrogen-bond donors (Lipinski definition) is 2. The first-order chi connectivity index (χ1) is 15.9. The summed E-state index contributed by atoms with van der Waals surface area (Å²) in [7, 11) is -3.77. The van der Waals surface area contributed by atoms with E-state index in [0.29, 0.717) is 29.3 Å². The third-order valence-corrected chi connectivity index (χ3v) is 9.84. The molecule has 1 saturated heterocycles. The Hall–Kier alpha value is -1.44. The van der Waals surface area contributed by atoms with Gasteiger partial charge in [-0.05, 0) is 31.0 Å². The van der Waals surface area contributed by atoms with E-state index >= 15 is 0 Å². The van der Waals surface area contributed by atoms with Crippen LogP contribution in [0, 0.1) is 0 Å². The first kappa shape index (κ1) is 24.7. The van der Waals surface area contributed by atoms with Crippen LogP contribution >= 0.6 is 34.7 Å². The van der Waals surface area contributed by atoms with Crippen LogP contribution in [0.2, 0.25) is 5.02 Å². The summed E-state index contributed by atoms with van der Waals surface area (Å²) in [6, 6.07) is 4.90. The number of thioether (sulfide) groups is 1. The molecular formula is C20H26ClN5O4S3. The number of rotatable bonds is 8. The zero-order chi connectivity index (χ0) is 23.3. The van der Waals surface area contributed by atoms with E-state index < -0.39 is 10.0 Å². The normalized spacial score (nSPS) is 18.2. The highest BCUT2D eigenvalue weighted by atomic mass is 35.5. The van der Waals surface area contributed by atoms with Gasteiger partial charge in [0.2, 0.25) is 21.1 Å². The lowest BCUT2D eigenvalue weighted by Gasteiger charge is -2.26. The average molecular weight is 532 g/mol. The van der Waals surface area contributed by atoms with Crippen molar-refractivity contribution in [3.05, 3.63) is 23.2 Å². The molecular weight excluding hydrogens is 506 g/mol. The van der Waals surface area contributed by atoms with E-state index in [1.807, 2.05) is 0 Å². The van der Waals surface area contributed by atoms with Crippen molar-refractivity contribution in [3.8, 4) is 0 Å². The Kier molecular flexibility index (Phi) is 8.47. The Bertz CT molecular complexity index is 1070. The van der Waals surface area contributed by atoms with Crippen LogP contribution in [-0.4, -0.2) is 66.9 Å². The lowest BCUT2D eigenvalue weighted by Crippen LogP contribution is -2.40. The molecule has 0 bridgehead atoms. The smallest absolute Gasteiger partial charge is 0.244 e. The molecule has 33 heavy (non-hydrogen) atoms. The van der Waals surface area contributed by atoms with Gasteiger partial charge in [-0.15, -0.1) is 10.2 Å². The van der Waals surface area contributed by atoms with Gasteiger partial charge in [0.15, 0.2) is 4.34 Å². The molecule has 1 aliphatic carbocycles. The van der Waals surface area contributed by atoms with Gasteiger partial charge in [0.1, 0.15) is 4.90 Å². The van der Waals surface area contributed by atoms with Gasteiger partial charge in [-0.3, -0.25) is 4.79 Å². The van der Waals surface area contributed by atoms with Crippen LogP contribution in [0.1, 0.15) is 32.1 Å². The number of benzene rings is 1. The maximum absolute atomic E-state index is 13.0. The Balaban J connectivity index is 1.33. The van der Waals surface area contributed by atoms with Crippen LogP contribution in [0.15, 0.2) is 27.4 Å². The van der Waals surface area contributed by atoms with Crippen molar-refractivity contribution in [1.29, 1.82) is 0 Å². The molecule has 0 radical (unpaired) electrons. The Morgan fingerprint density at radius 1 is 1.21 bits per heavy atom. The zero-order valence-corrected chi connectivity index (χ0v) is 21.2. The molecule has 1 aliphatic heterocycles. The van der Waals surface area contributed by atoms with E-state index in [2.05, 4.69) is 20.8 Å². The maximum Gasteiger partial charge on any atom is 0.244 e. The predicted molar refractivity (Wildman–Crippen MR) is 131 cm³/mol. The number of sulfonamides is 1. The molecule has 2 aliphatic rings. The zero-order valence-electron chi connectivity index (χ0n) is 18.0. The number of hydrogen-bond acceptors (Lipinski definition) is 9. The standard InChI is InChI=1S/C20H26ClN5O4S3/c21-16-7-6-15(12-17(16)33(28,29)26-8-10-30-11-9-26)22-18(27)13-31-20-25-24-19(32-20)23-14-4-2-1-3-5-14/h6-7,12,14H,1-5,8-11,13H2,(H,22,27)(H,23,24). The molecule has 2 N–H and O–H groups in total. The lowest BCUT2D eigenvalue weighted by molar-refractivity contribution is -0.113. The predicted octanol–water partition coefficient (Wildman–Crippen LogP) is 3.69. The summed E-state index contributed by atoms with van der Waals surface area (Å²) in [5.74, 6) is -0.138. The Labute approximate surface area is 206 Å². The molecule has 0 spiro atoms. The summed E-state index contributed by atoms with van der Waals surface area (Å²) in [5.41, 5.74) is 0.369. The molecule has 1 aromatic heterocycles. The fourth-order valence-corrected chi connectivity index (χ4v) is 7.31. The van der Waals surface area contributed by atoms with Crippen molar-refractivity contribution >= 4 is 61.4 Å². The fraction of sp³-hybridized carbons (Fsp3) is 0.550. The number of carbonyl (C=O) groups is 1. The molecule has 180 valence electrons. The number of amides is 1. The topological polar surface area (TPSA) is 114 Å². The number of halogens is 1. The fourth-order valence-electron chi connectivity index (χ4n) is 3.78. The second kappa shape index (κ2) is 11.3. The summed E-state index contributed by atoms with van der Waals surface area (Å²) < 4.78 is 33.2. The van der Waals surface area contributed by atoms with Gasteiger partial charge >= 0.3 is 0 Å². The molecule has 0 unspecified atom stereocenters. The summed E-state index contributed by atoms with van der Waals surface area (Å²) in [6.45, 7) is 1.22. The van der Waals surface area contributed by atoms with Gasteiger partial charge < -0.3 is 15.4 Å². The van der Waals surface area contributed by atoms with Crippen molar-refractivity contribution in [2.24, 2.45) is 0 Å². The number of carbonyl (C=O) groups excluding carboxylic acids is 1. The number of aromatic nitrogens is 2. The molecule has 1 saturated carbocycles. The highest BCUT2D eigenvalue weighted by molar-refractivity contribution is 8.01. The molecule has 4 rings (SSSR count).